The average molecular weight is 280 g/mol. The average Bonchev–Trinajstić information content (AvgIpc) is 2.67. The van der Waals surface area contributed by atoms with Crippen molar-refractivity contribution in [1.82, 2.24) is 10.2 Å². The third-order valence-corrected chi connectivity index (χ3v) is 5.88. The Labute approximate surface area is 126 Å². The third kappa shape index (κ3) is 4.46. The van der Waals surface area contributed by atoms with Crippen molar-refractivity contribution in [2.75, 3.05) is 27.2 Å². The molecule has 0 aromatic carbocycles. The Morgan fingerprint density at radius 3 is 2.30 bits per heavy atom. The Kier molecular flexibility index (Phi) is 6.35. The van der Waals surface area contributed by atoms with Crippen LogP contribution in [0.15, 0.2) is 0 Å². The van der Waals surface area contributed by atoms with E-state index in [0.717, 1.165) is 11.8 Å². The lowest BCUT2D eigenvalue weighted by Gasteiger charge is -2.45. The Balaban J connectivity index is 1.79. The monoisotopic (exact) mass is 280 g/mol. The van der Waals surface area contributed by atoms with Gasteiger partial charge in [-0.25, -0.2) is 0 Å². The fraction of sp³-hybridized carbons (Fsp3) is 1.00. The highest BCUT2D eigenvalue weighted by Crippen LogP contribution is 2.35. The van der Waals surface area contributed by atoms with Crippen molar-refractivity contribution in [1.29, 1.82) is 0 Å². The van der Waals surface area contributed by atoms with Gasteiger partial charge >= 0.3 is 0 Å². The van der Waals surface area contributed by atoms with Gasteiger partial charge in [0, 0.05) is 12.1 Å². The minimum Gasteiger partial charge on any atom is -0.315 e. The maximum atomic E-state index is 3.85. The van der Waals surface area contributed by atoms with Crippen LogP contribution >= 0.6 is 0 Å². The minimum absolute atomic E-state index is 0.419. The van der Waals surface area contributed by atoms with Gasteiger partial charge in [-0.15, -0.1) is 0 Å². The predicted molar refractivity (Wildman–Crippen MR) is 88.1 cm³/mol. The highest BCUT2D eigenvalue weighted by Gasteiger charge is 2.36. The normalized spacial score (nSPS) is 33.3. The number of nitrogens with one attached hydrogen (secondary N) is 1. The Bertz CT molecular complexity index is 269. The van der Waals surface area contributed by atoms with E-state index in [1.165, 1.54) is 77.3 Å². The lowest BCUT2D eigenvalue weighted by atomic mass is 9.75. The maximum Gasteiger partial charge on any atom is 0.0330 e. The summed E-state index contributed by atoms with van der Waals surface area (Å²) in [7, 11) is 4.57. The standard InChI is InChI=1S/C18H36N2/c1-16-9-8-12-18(13-16,20(2)3)15-19-14-17-10-6-4-5-7-11-17/h16-17,19H,4-15H2,1-3H3. The second kappa shape index (κ2) is 7.79. The molecule has 0 aliphatic heterocycles. The van der Waals surface area contributed by atoms with E-state index in [-0.39, 0.29) is 0 Å². The van der Waals surface area contributed by atoms with Gasteiger partial charge in [-0.1, -0.05) is 45.4 Å². The molecule has 0 aromatic rings. The van der Waals surface area contributed by atoms with Gasteiger partial charge in [0.25, 0.3) is 0 Å². The topological polar surface area (TPSA) is 15.3 Å². The molecule has 2 rings (SSSR count). The van der Waals surface area contributed by atoms with Gasteiger partial charge in [-0.2, -0.15) is 0 Å². The summed E-state index contributed by atoms with van der Waals surface area (Å²) in [5.74, 6) is 1.84. The molecule has 0 amide bonds. The summed E-state index contributed by atoms with van der Waals surface area (Å²) in [6.45, 7) is 4.88. The summed E-state index contributed by atoms with van der Waals surface area (Å²) in [4.78, 5) is 2.50. The molecule has 0 radical (unpaired) electrons. The molecule has 1 N–H and O–H groups in total. The van der Waals surface area contributed by atoms with Crippen LogP contribution in [0.1, 0.15) is 71.1 Å². The lowest BCUT2D eigenvalue weighted by molar-refractivity contribution is 0.0741. The van der Waals surface area contributed by atoms with Crippen LogP contribution < -0.4 is 5.32 Å². The molecule has 0 bridgehead atoms. The van der Waals surface area contributed by atoms with Gasteiger partial charge in [-0.3, -0.25) is 0 Å². The van der Waals surface area contributed by atoms with Crippen molar-refractivity contribution < 1.29 is 0 Å². The Morgan fingerprint density at radius 2 is 1.70 bits per heavy atom. The summed E-state index contributed by atoms with van der Waals surface area (Å²) < 4.78 is 0. The summed E-state index contributed by atoms with van der Waals surface area (Å²) >= 11 is 0. The van der Waals surface area contributed by atoms with E-state index in [9.17, 15) is 0 Å². The largest absolute Gasteiger partial charge is 0.315 e. The van der Waals surface area contributed by atoms with Crippen molar-refractivity contribution in [2.24, 2.45) is 11.8 Å². The van der Waals surface area contributed by atoms with E-state index in [1.807, 2.05) is 0 Å². The minimum atomic E-state index is 0.419. The maximum absolute atomic E-state index is 3.85. The highest BCUT2D eigenvalue weighted by molar-refractivity contribution is 4.94. The second-order valence-electron chi connectivity index (χ2n) is 7.81. The summed E-state index contributed by atoms with van der Waals surface area (Å²) in [5.41, 5.74) is 0.419. The van der Waals surface area contributed by atoms with Crippen LogP contribution in [0.3, 0.4) is 0 Å². The van der Waals surface area contributed by atoms with Crippen LogP contribution in [0.2, 0.25) is 0 Å². The Morgan fingerprint density at radius 1 is 1.00 bits per heavy atom. The zero-order valence-electron chi connectivity index (χ0n) is 14.1. The molecular formula is C18H36N2. The van der Waals surface area contributed by atoms with Crippen LogP contribution in [0.25, 0.3) is 0 Å². The number of hydrogen-bond acceptors (Lipinski definition) is 2. The quantitative estimate of drug-likeness (QED) is 0.764. The molecule has 2 saturated carbocycles. The van der Waals surface area contributed by atoms with Crippen molar-refractivity contribution in [3.8, 4) is 0 Å². The summed E-state index contributed by atoms with van der Waals surface area (Å²) in [6, 6.07) is 0. The highest BCUT2D eigenvalue weighted by atomic mass is 15.2. The van der Waals surface area contributed by atoms with Crippen LogP contribution in [-0.4, -0.2) is 37.6 Å². The zero-order valence-corrected chi connectivity index (χ0v) is 14.1. The van der Waals surface area contributed by atoms with Crippen molar-refractivity contribution in [2.45, 2.75) is 76.7 Å². The first kappa shape index (κ1) is 16.3. The molecule has 0 saturated heterocycles. The zero-order chi connectivity index (χ0) is 14.4. The van der Waals surface area contributed by atoms with Crippen molar-refractivity contribution >= 4 is 0 Å². The van der Waals surface area contributed by atoms with E-state index in [2.05, 4.69) is 31.2 Å². The molecule has 2 atom stereocenters. The number of hydrogen-bond donors (Lipinski definition) is 1. The number of rotatable bonds is 5. The molecule has 0 aromatic heterocycles. The predicted octanol–water partition coefficient (Wildman–Crippen LogP) is 4.06. The first-order valence-electron chi connectivity index (χ1n) is 9.00. The van der Waals surface area contributed by atoms with E-state index < -0.39 is 0 Å². The molecule has 20 heavy (non-hydrogen) atoms. The molecule has 2 aliphatic rings. The number of likely N-dealkylation sites (N-methyl/N-ethyl adjacent to an activating group) is 1. The van der Waals surface area contributed by atoms with Crippen LogP contribution in [0.5, 0.6) is 0 Å². The first-order valence-corrected chi connectivity index (χ1v) is 9.00. The van der Waals surface area contributed by atoms with Crippen molar-refractivity contribution in [3.63, 3.8) is 0 Å². The van der Waals surface area contributed by atoms with Gasteiger partial charge < -0.3 is 10.2 Å². The van der Waals surface area contributed by atoms with Gasteiger partial charge in [0.2, 0.25) is 0 Å². The molecule has 2 heteroatoms. The van der Waals surface area contributed by atoms with E-state index >= 15 is 0 Å². The first-order chi connectivity index (χ1) is 9.62. The molecule has 2 unspecified atom stereocenters. The third-order valence-electron chi connectivity index (χ3n) is 5.88. The fourth-order valence-electron chi connectivity index (χ4n) is 4.43. The molecular weight excluding hydrogens is 244 g/mol. The summed E-state index contributed by atoms with van der Waals surface area (Å²) in [5, 5.41) is 3.85. The van der Waals surface area contributed by atoms with Gasteiger partial charge in [0.1, 0.15) is 0 Å². The molecule has 0 spiro atoms. The van der Waals surface area contributed by atoms with E-state index in [4.69, 9.17) is 0 Å². The molecule has 0 heterocycles. The smallest absolute Gasteiger partial charge is 0.0330 e. The van der Waals surface area contributed by atoms with Crippen molar-refractivity contribution in [3.05, 3.63) is 0 Å². The summed E-state index contributed by atoms with van der Waals surface area (Å²) in [6.07, 6.45) is 14.4. The molecule has 2 fully saturated rings. The van der Waals surface area contributed by atoms with Gasteiger partial charge in [0.05, 0.1) is 0 Å². The number of nitrogens with zero attached hydrogens (tertiary/aromatic N) is 1. The second-order valence-corrected chi connectivity index (χ2v) is 7.81. The van der Waals surface area contributed by atoms with Crippen LogP contribution in [0, 0.1) is 11.8 Å². The fourth-order valence-corrected chi connectivity index (χ4v) is 4.43. The SMILES string of the molecule is CC1CCCC(CNCC2CCCCCC2)(N(C)C)C1. The van der Waals surface area contributed by atoms with Gasteiger partial charge in [-0.05, 0) is 58.2 Å². The van der Waals surface area contributed by atoms with E-state index in [0.29, 0.717) is 5.54 Å². The van der Waals surface area contributed by atoms with E-state index in [1.54, 1.807) is 0 Å². The molecule has 2 nitrogen and oxygen atoms in total. The lowest BCUT2D eigenvalue weighted by Crippen LogP contribution is -2.54. The van der Waals surface area contributed by atoms with Gasteiger partial charge in [0.15, 0.2) is 0 Å². The van der Waals surface area contributed by atoms with Crippen LogP contribution in [-0.2, 0) is 0 Å². The Hall–Kier alpha value is -0.0800. The molecule has 118 valence electrons. The van der Waals surface area contributed by atoms with Crippen LogP contribution in [0.4, 0.5) is 0 Å². The molecule has 2 aliphatic carbocycles.